The van der Waals surface area contributed by atoms with E-state index in [1.165, 1.54) is 32.1 Å². The lowest BCUT2D eigenvalue weighted by Gasteiger charge is -2.33. The van der Waals surface area contributed by atoms with Crippen LogP contribution in [0.3, 0.4) is 0 Å². The van der Waals surface area contributed by atoms with E-state index in [1.54, 1.807) is 0 Å². The highest BCUT2D eigenvalue weighted by molar-refractivity contribution is 9.10. The van der Waals surface area contributed by atoms with Gasteiger partial charge in [-0.25, -0.2) is 0 Å². The Labute approximate surface area is 111 Å². The molecule has 0 aliphatic heterocycles. The largest absolute Gasteiger partial charge is 0.372 e. The average molecular weight is 293 g/mol. The van der Waals surface area contributed by atoms with E-state index in [-0.39, 0.29) is 0 Å². The number of nitriles is 1. The molecule has 0 spiro atoms. The van der Waals surface area contributed by atoms with Crippen LogP contribution in [0.2, 0.25) is 0 Å². The summed E-state index contributed by atoms with van der Waals surface area (Å²) in [5.41, 5.74) is 1.86. The normalized spacial score (nSPS) is 16.5. The number of anilines is 1. The summed E-state index contributed by atoms with van der Waals surface area (Å²) in [5, 5.41) is 8.99. The zero-order valence-electron chi connectivity index (χ0n) is 10.1. The van der Waals surface area contributed by atoms with E-state index in [0.29, 0.717) is 6.04 Å². The van der Waals surface area contributed by atoms with E-state index in [1.807, 2.05) is 12.1 Å². The molecule has 0 unspecified atom stereocenters. The molecule has 0 heterocycles. The molecular weight excluding hydrogens is 276 g/mol. The second kappa shape index (κ2) is 5.55. The Hall–Kier alpha value is -1.01. The maximum Gasteiger partial charge on any atom is 0.0992 e. The molecule has 0 aromatic heterocycles. The molecule has 90 valence electrons. The van der Waals surface area contributed by atoms with E-state index in [2.05, 4.69) is 40.0 Å². The van der Waals surface area contributed by atoms with E-state index >= 15 is 0 Å². The Bertz CT molecular complexity index is 430. The molecule has 0 radical (unpaired) electrons. The zero-order valence-corrected chi connectivity index (χ0v) is 11.7. The van der Waals surface area contributed by atoms with Crippen LogP contribution in [0.1, 0.15) is 37.7 Å². The average Bonchev–Trinajstić information content (AvgIpc) is 2.38. The quantitative estimate of drug-likeness (QED) is 0.821. The van der Waals surface area contributed by atoms with Gasteiger partial charge in [0.1, 0.15) is 0 Å². The van der Waals surface area contributed by atoms with Gasteiger partial charge in [0.2, 0.25) is 0 Å². The first kappa shape index (κ1) is 12.4. The van der Waals surface area contributed by atoms with Crippen molar-refractivity contribution in [1.29, 1.82) is 5.26 Å². The van der Waals surface area contributed by atoms with Gasteiger partial charge in [-0.3, -0.25) is 0 Å². The van der Waals surface area contributed by atoms with Crippen molar-refractivity contribution < 1.29 is 0 Å². The maximum atomic E-state index is 8.99. The number of benzene rings is 1. The minimum atomic E-state index is 0.629. The van der Waals surface area contributed by atoms with Gasteiger partial charge in [-0.2, -0.15) is 5.26 Å². The Morgan fingerprint density at radius 1 is 1.24 bits per heavy atom. The molecular formula is C14H17BrN2. The lowest BCUT2D eigenvalue weighted by molar-refractivity contribution is 0.427. The van der Waals surface area contributed by atoms with Crippen LogP contribution in [0.25, 0.3) is 0 Å². The van der Waals surface area contributed by atoms with Crippen molar-refractivity contribution in [2.24, 2.45) is 0 Å². The third kappa shape index (κ3) is 3.01. The molecule has 1 aromatic rings. The van der Waals surface area contributed by atoms with Gasteiger partial charge in [0.05, 0.1) is 11.6 Å². The Morgan fingerprint density at radius 2 is 1.94 bits per heavy atom. The Kier molecular flexibility index (Phi) is 4.06. The molecule has 0 N–H and O–H groups in total. The Balaban J connectivity index is 2.20. The van der Waals surface area contributed by atoms with E-state index in [9.17, 15) is 0 Å². The van der Waals surface area contributed by atoms with Crippen molar-refractivity contribution in [2.45, 2.75) is 38.1 Å². The van der Waals surface area contributed by atoms with Crippen molar-refractivity contribution in [3.63, 3.8) is 0 Å². The molecule has 3 heteroatoms. The monoisotopic (exact) mass is 292 g/mol. The predicted molar refractivity (Wildman–Crippen MR) is 74.1 cm³/mol. The number of hydrogen-bond donors (Lipinski definition) is 0. The van der Waals surface area contributed by atoms with Crippen molar-refractivity contribution in [3.8, 4) is 6.07 Å². The fourth-order valence-corrected chi connectivity index (χ4v) is 3.00. The first-order chi connectivity index (χ1) is 8.20. The first-order valence-electron chi connectivity index (χ1n) is 6.14. The third-order valence-electron chi connectivity index (χ3n) is 3.54. The topological polar surface area (TPSA) is 27.0 Å². The molecule has 17 heavy (non-hydrogen) atoms. The van der Waals surface area contributed by atoms with Crippen molar-refractivity contribution in [2.75, 3.05) is 11.9 Å². The highest BCUT2D eigenvalue weighted by Crippen LogP contribution is 2.28. The fourth-order valence-electron chi connectivity index (χ4n) is 2.52. The standard InChI is InChI=1S/C14H17BrN2/c1-17(13-5-3-2-4-6-13)14-8-11(10-16)7-12(15)9-14/h7-9,13H,2-6H2,1H3. The number of nitrogens with zero attached hydrogens (tertiary/aromatic N) is 2. The molecule has 0 bridgehead atoms. The van der Waals surface area contributed by atoms with Gasteiger partial charge in [0, 0.05) is 23.2 Å². The van der Waals surface area contributed by atoms with Crippen molar-refractivity contribution in [1.82, 2.24) is 0 Å². The summed E-state index contributed by atoms with van der Waals surface area (Å²) >= 11 is 3.47. The minimum Gasteiger partial charge on any atom is -0.372 e. The second-order valence-corrected chi connectivity index (χ2v) is 5.63. The van der Waals surface area contributed by atoms with E-state index in [0.717, 1.165) is 15.7 Å². The van der Waals surface area contributed by atoms with Crippen LogP contribution in [-0.2, 0) is 0 Å². The number of hydrogen-bond acceptors (Lipinski definition) is 2. The lowest BCUT2D eigenvalue weighted by atomic mass is 9.94. The van der Waals surface area contributed by atoms with Crippen LogP contribution in [0, 0.1) is 11.3 Å². The van der Waals surface area contributed by atoms with Gasteiger partial charge in [-0.05, 0) is 31.0 Å². The SMILES string of the molecule is CN(c1cc(Br)cc(C#N)c1)C1CCCCC1. The summed E-state index contributed by atoms with van der Waals surface area (Å²) in [5.74, 6) is 0. The van der Waals surface area contributed by atoms with Gasteiger partial charge < -0.3 is 4.90 Å². The van der Waals surface area contributed by atoms with Crippen LogP contribution in [0.5, 0.6) is 0 Å². The van der Waals surface area contributed by atoms with Crippen LogP contribution in [0.15, 0.2) is 22.7 Å². The smallest absolute Gasteiger partial charge is 0.0992 e. The molecule has 2 nitrogen and oxygen atoms in total. The highest BCUT2D eigenvalue weighted by Gasteiger charge is 2.18. The molecule has 1 saturated carbocycles. The van der Waals surface area contributed by atoms with Gasteiger partial charge in [0.15, 0.2) is 0 Å². The summed E-state index contributed by atoms with van der Waals surface area (Å²) in [6.45, 7) is 0. The maximum absolute atomic E-state index is 8.99. The second-order valence-electron chi connectivity index (χ2n) is 4.71. The number of rotatable bonds is 2. The van der Waals surface area contributed by atoms with Crippen LogP contribution >= 0.6 is 15.9 Å². The van der Waals surface area contributed by atoms with Crippen molar-refractivity contribution >= 4 is 21.6 Å². The summed E-state index contributed by atoms with van der Waals surface area (Å²) in [4.78, 5) is 2.32. The van der Waals surface area contributed by atoms with Gasteiger partial charge >= 0.3 is 0 Å². The molecule has 0 saturated heterocycles. The molecule has 0 amide bonds. The predicted octanol–water partition coefficient (Wildman–Crippen LogP) is 4.09. The van der Waals surface area contributed by atoms with Gasteiger partial charge in [0.25, 0.3) is 0 Å². The van der Waals surface area contributed by atoms with E-state index < -0.39 is 0 Å². The lowest BCUT2D eigenvalue weighted by Crippen LogP contribution is -2.33. The molecule has 1 aliphatic carbocycles. The van der Waals surface area contributed by atoms with Crippen LogP contribution in [-0.4, -0.2) is 13.1 Å². The summed E-state index contributed by atoms with van der Waals surface area (Å²) in [7, 11) is 2.14. The molecule has 1 aromatic carbocycles. The summed E-state index contributed by atoms with van der Waals surface area (Å²) < 4.78 is 0.981. The van der Waals surface area contributed by atoms with Gasteiger partial charge in [-0.1, -0.05) is 35.2 Å². The zero-order chi connectivity index (χ0) is 12.3. The Morgan fingerprint density at radius 3 is 2.59 bits per heavy atom. The minimum absolute atomic E-state index is 0.629. The van der Waals surface area contributed by atoms with E-state index in [4.69, 9.17) is 5.26 Å². The summed E-state index contributed by atoms with van der Waals surface area (Å²) in [6, 6.07) is 8.76. The molecule has 1 fully saturated rings. The van der Waals surface area contributed by atoms with Gasteiger partial charge in [-0.15, -0.1) is 0 Å². The van der Waals surface area contributed by atoms with Crippen molar-refractivity contribution in [3.05, 3.63) is 28.2 Å². The summed E-state index contributed by atoms with van der Waals surface area (Å²) in [6.07, 6.45) is 6.56. The first-order valence-corrected chi connectivity index (χ1v) is 6.93. The molecule has 1 aliphatic rings. The molecule has 0 atom stereocenters. The fraction of sp³-hybridized carbons (Fsp3) is 0.500. The van der Waals surface area contributed by atoms with Crippen LogP contribution < -0.4 is 4.90 Å². The third-order valence-corrected chi connectivity index (χ3v) is 4.00. The van der Waals surface area contributed by atoms with Crippen LogP contribution in [0.4, 0.5) is 5.69 Å². The molecule has 2 rings (SSSR count). The highest BCUT2D eigenvalue weighted by atomic mass is 79.9. The number of halogens is 1.